The minimum Gasteiger partial charge on any atom is -0.255 e. The summed E-state index contributed by atoms with van der Waals surface area (Å²) in [4.78, 5) is 9.44. The summed E-state index contributed by atoms with van der Waals surface area (Å²) < 4.78 is 83.0. The van der Waals surface area contributed by atoms with E-state index in [4.69, 9.17) is 46.6 Å². The number of benzene rings is 4. The predicted molar refractivity (Wildman–Crippen MR) is 179 cm³/mol. The number of nitrogens with zero attached hydrogens (tertiary/aromatic N) is 2. The summed E-state index contributed by atoms with van der Waals surface area (Å²) >= 11 is 0. The van der Waals surface area contributed by atoms with E-state index >= 15 is 0 Å². The number of alkyl halides is 2. The van der Waals surface area contributed by atoms with Crippen molar-refractivity contribution in [2.45, 2.75) is 12.8 Å². The molecular formula is C38H34F10N2Pt. The molecule has 4 aromatic carbocycles. The number of pyridine rings is 2. The van der Waals surface area contributed by atoms with E-state index < -0.39 is 0 Å². The maximum Gasteiger partial charge on any atom is 2.00 e. The van der Waals surface area contributed by atoms with Crippen LogP contribution in [0.25, 0.3) is 33.6 Å². The summed E-state index contributed by atoms with van der Waals surface area (Å²) in [6.07, 6.45) is 5.80. The van der Waals surface area contributed by atoms with Gasteiger partial charge < -0.3 is 0 Å². The number of hydrogen-bond acceptors (Lipinski definition) is 2. The van der Waals surface area contributed by atoms with E-state index in [2.05, 4.69) is 84.9 Å². The fraction of sp³-hybridized carbons (Fsp3) is 0.105. The monoisotopic (exact) mass is 903 g/mol. The van der Waals surface area contributed by atoms with Crippen LogP contribution in [0.1, 0.15) is 11.1 Å². The van der Waals surface area contributed by atoms with Crippen molar-refractivity contribution >= 4 is 0 Å². The summed E-state index contributed by atoms with van der Waals surface area (Å²) in [6, 6.07) is 50.4. The average Bonchev–Trinajstić information content (AvgIpc) is 3.27. The molecule has 6 aromatic rings. The van der Waals surface area contributed by atoms with Crippen LogP contribution < -0.4 is 0 Å². The molecule has 13 heteroatoms. The van der Waals surface area contributed by atoms with E-state index in [0.29, 0.717) is 14.4 Å². The molecule has 7 rings (SSSR count). The molecule has 0 aliphatic heterocycles. The van der Waals surface area contributed by atoms with Crippen LogP contribution in [0.3, 0.4) is 0 Å². The van der Waals surface area contributed by atoms with Gasteiger partial charge in [0.1, 0.15) is 0 Å². The van der Waals surface area contributed by atoms with E-state index in [-0.39, 0.29) is 21.1 Å². The first-order valence-electron chi connectivity index (χ1n) is 14.1. The van der Waals surface area contributed by atoms with Crippen LogP contribution in [0.5, 0.6) is 0 Å². The standard InChI is InChI=1S/C24H18N2.2C6H5.2CH3F.4F2.Pt/c1-3-7-17(8-4-1)19-13-15-25-23-21(19)11-12-22-20(14-16-26-24(22)23)18-9-5-2-6-10-18;2*1-2-4-6-5-3-1;6*1-2;/h1-10,13-16H,11-12H2;2*1-5H;2*1H3;;;;;/q;2*-1;;;;;;;+2. The minimum absolute atomic E-state index is 0. The number of aromatic nitrogens is 2. The first-order valence-corrected chi connectivity index (χ1v) is 14.1. The van der Waals surface area contributed by atoms with Gasteiger partial charge in [0, 0.05) is 49.0 Å². The summed E-state index contributed by atoms with van der Waals surface area (Å²) in [5, 5.41) is 0. The van der Waals surface area contributed by atoms with Crippen LogP contribution in [-0.2, 0) is 33.9 Å². The van der Waals surface area contributed by atoms with Gasteiger partial charge in [-0.25, -0.2) is 0 Å². The van der Waals surface area contributed by atoms with E-state index in [1.807, 2.05) is 73.1 Å². The summed E-state index contributed by atoms with van der Waals surface area (Å²) in [5.41, 5.74) is 9.72. The molecule has 1 aliphatic rings. The van der Waals surface area contributed by atoms with E-state index in [1.165, 1.54) is 33.4 Å². The third-order valence-electron chi connectivity index (χ3n) is 6.34. The Morgan fingerprint density at radius 3 is 0.922 bits per heavy atom. The third kappa shape index (κ3) is 18.1. The molecular weight excluding hydrogens is 869 g/mol. The largest absolute Gasteiger partial charge is 2.00 e. The predicted octanol–water partition coefficient (Wildman–Crippen LogP) is 13.1. The molecule has 0 fully saturated rings. The smallest absolute Gasteiger partial charge is 0.255 e. The summed E-state index contributed by atoms with van der Waals surface area (Å²) in [5.74, 6) is 0. The zero-order chi connectivity index (χ0) is 37.8. The maximum atomic E-state index is 9.50. The number of fused-ring (bicyclic) bond motifs is 3. The number of rotatable bonds is 2. The van der Waals surface area contributed by atoms with E-state index in [0.717, 1.165) is 24.2 Å². The first-order chi connectivity index (χ1) is 24.9. The Morgan fingerprint density at radius 2 is 0.686 bits per heavy atom. The Labute approximate surface area is 305 Å². The van der Waals surface area contributed by atoms with Gasteiger partial charge >= 0.3 is 21.1 Å². The van der Waals surface area contributed by atoms with Gasteiger partial charge in [0.15, 0.2) is 0 Å². The summed E-state index contributed by atoms with van der Waals surface area (Å²) in [6.45, 7) is 0. The summed E-state index contributed by atoms with van der Waals surface area (Å²) in [7, 11) is 1.00. The van der Waals surface area contributed by atoms with E-state index in [9.17, 15) is 8.78 Å². The Kier molecular flexibility index (Phi) is 36.1. The molecule has 2 heterocycles. The van der Waals surface area contributed by atoms with Gasteiger partial charge in [-0.3, -0.25) is 18.7 Å². The molecule has 51 heavy (non-hydrogen) atoms. The fourth-order valence-electron chi connectivity index (χ4n) is 4.61. The molecule has 0 radical (unpaired) electrons. The van der Waals surface area contributed by atoms with Crippen LogP contribution in [0.15, 0.2) is 146 Å². The second kappa shape index (κ2) is 36.4. The Bertz CT molecular complexity index is 1400. The molecule has 0 spiro atoms. The van der Waals surface area contributed by atoms with Gasteiger partial charge in [-0.15, -0.1) is 0 Å². The van der Waals surface area contributed by atoms with E-state index in [1.54, 1.807) is 0 Å². The van der Waals surface area contributed by atoms with Crippen molar-refractivity contribution < 1.29 is 66.4 Å². The van der Waals surface area contributed by atoms with Gasteiger partial charge in [0.2, 0.25) is 0 Å². The van der Waals surface area contributed by atoms with Crippen molar-refractivity contribution in [1.82, 2.24) is 9.97 Å². The maximum absolute atomic E-state index is 9.50. The van der Waals surface area contributed by atoms with Gasteiger partial charge in [0.05, 0.1) is 25.7 Å². The van der Waals surface area contributed by atoms with Gasteiger partial charge in [-0.05, 0) is 58.4 Å². The molecule has 2 aromatic heterocycles. The number of hydrogen-bond donors (Lipinski definition) is 0. The zero-order valence-electron chi connectivity index (χ0n) is 27.3. The molecule has 0 bridgehead atoms. The Hall–Kier alpha value is -4.83. The Balaban J connectivity index is -0.000000763. The molecule has 2 nitrogen and oxygen atoms in total. The van der Waals surface area contributed by atoms with Crippen LogP contribution in [-0.4, -0.2) is 24.3 Å². The fourth-order valence-corrected chi connectivity index (χ4v) is 4.61. The Morgan fingerprint density at radius 1 is 0.412 bits per heavy atom. The topological polar surface area (TPSA) is 25.8 Å². The minimum atomic E-state index is 0. The first kappa shape index (κ1) is 50.5. The molecule has 0 saturated carbocycles. The molecule has 0 unspecified atom stereocenters. The molecule has 0 N–H and O–H groups in total. The molecule has 276 valence electrons. The van der Waals surface area contributed by atoms with Gasteiger partial charge in [-0.1, -0.05) is 60.7 Å². The van der Waals surface area contributed by atoms with Crippen molar-refractivity contribution in [2.75, 3.05) is 14.4 Å². The van der Waals surface area contributed by atoms with Crippen molar-refractivity contribution in [3.05, 3.63) is 169 Å². The third-order valence-corrected chi connectivity index (χ3v) is 6.34. The van der Waals surface area contributed by atoms with Crippen LogP contribution in [0, 0.1) is 12.1 Å². The zero-order valence-corrected chi connectivity index (χ0v) is 29.5. The molecule has 0 saturated heterocycles. The van der Waals surface area contributed by atoms with Crippen molar-refractivity contribution in [2.24, 2.45) is 0 Å². The molecule has 0 atom stereocenters. The second-order valence-corrected chi connectivity index (χ2v) is 8.76. The SMILES string of the molecule is CF.CF.FF.FF.FF.FF.[Pt+2].[c-]1ccccc1.[c-]1ccccc1.c1ccc(-c2ccnc3c2CCc2c(-c4ccccc4)ccnc2-3)cc1. The van der Waals surface area contributed by atoms with Crippen molar-refractivity contribution in [3.8, 4) is 33.6 Å². The number of halogens is 10. The van der Waals surface area contributed by atoms with Crippen LogP contribution in [0.2, 0.25) is 0 Å². The van der Waals surface area contributed by atoms with Crippen molar-refractivity contribution in [3.63, 3.8) is 0 Å². The molecule has 0 amide bonds. The molecule has 1 aliphatic carbocycles. The van der Waals surface area contributed by atoms with Gasteiger partial charge in [-0.2, -0.15) is 72.8 Å². The average molecular weight is 904 g/mol. The second-order valence-electron chi connectivity index (χ2n) is 8.76. The van der Waals surface area contributed by atoms with Crippen molar-refractivity contribution in [1.29, 1.82) is 0 Å². The van der Waals surface area contributed by atoms with Crippen LogP contribution >= 0.6 is 0 Å². The quantitative estimate of drug-likeness (QED) is 0.128. The van der Waals surface area contributed by atoms with Gasteiger partial charge in [0.25, 0.3) is 0 Å². The van der Waals surface area contributed by atoms with Crippen LogP contribution in [0.4, 0.5) is 45.4 Å². The normalized spacial score (nSPS) is 8.86.